The second-order valence-corrected chi connectivity index (χ2v) is 8.89. The van der Waals surface area contributed by atoms with Gasteiger partial charge >= 0.3 is 0 Å². The summed E-state index contributed by atoms with van der Waals surface area (Å²) in [6.45, 7) is 11.4. The smallest absolute Gasteiger partial charge is 0.229 e. The van der Waals surface area contributed by atoms with Crippen molar-refractivity contribution in [2.45, 2.75) is 56.8 Å². The molecule has 1 heterocycles. The predicted molar refractivity (Wildman–Crippen MR) is 84.2 cm³/mol. The number of alkyl halides is 2. The van der Waals surface area contributed by atoms with Gasteiger partial charge in [0.15, 0.2) is 0 Å². The third-order valence-corrected chi connectivity index (χ3v) is 6.06. The molecule has 1 N–H and O–H groups in total. The molecule has 2 atom stereocenters. The maximum atomic E-state index is 12.2. The molecule has 0 bridgehead atoms. The van der Waals surface area contributed by atoms with Crippen LogP contribution in [0, 0.1) is 11.3 Å². The van der Waals surface area contributed by atoms with Crippen LogP contribution in [0.15, 0.2) is 0 Å². The first-order valence-corrected chi connectivity index (χ1v) is 8.25. The maximum Gasteiger partial charge on any atom is 0.229 e. The summed E-state index contributed by atoms with van der Waals surface area (Å²) in [5, 5.41) is 3.04. The highest BCUT2D eigenvalue weighted by atomic mass is 35.5. The molecule has 2 aliphatic rings. The molecule has 1 aliphatic carbocycles. The molecule has 0 spiro atoms. The SMILES string of the molecule is C[C@H]1CCCN(C(C)(C)CNC(=O)[C@@]2(C)CC2(Cl)Cl)C1. The second kappa shape index (κ2) is 5.33. The summed E-state index contributed by atoms with van der Waals surface area (Å²) < 4.78 is -0.888. The van der Waals surface area contributed by atoms with Crippen LogP contribution in [0.5, 0.6) is 0 Å². The topological polar surface area (TPSA) is 32.3 Å². The highest BCUT2D eigenvalue weighted by molar-refractivity contribution is 6.53. The summed E-state index contributed by atoms with van der Waals surface area (Å²) in [4.78, 5) is 14.7. The van der Waals surface area contributed by atoms with E-state index < -0.39 is 9.75 Å². The molecule has 20 heavy (non-hydrogen) atoms. The van der Waals surface area contributed by atoms with E-state index in [4.69, 9.17) is 23.2 Å². The van der Waals surface area contributed by atoms with E-state index in [9.17, 15) is 4.79 Å². The lowest BCUT2D eigenvalue weighted by atomic mass is 9.93. The van der Waals surface area contributed by atoms with Gasteiger partial charge in [0.05, 0.1) is 5.41 Å². The molecule has 0 unspecified atom stereocenters. The van der Waals surface area contributed by atoms with Crippen molar-refractivity contribution in [3.8, 4) is 0 Å². The average Bonchev–Trinajstić information content (AvgIpc) is 2.87. The molecule has 2 rings (SSSR count). The number of hydrogen-bond acceptors (Lipinski definition) is 2. The third kappa shape index (κ3) is 3.10. The fraction of sp³-hybridized carbons (Fsp3) is 0.933. The molecule has 116 valence electrons. The van der Waals surface area contributed by atoms with Crippen molar-refractivity contribution in [2.24, 2.45) is 11.3 Å². The highest BCUT2D eigenvalue weighted by Crippen LogP contribution is 2.63. The number of hydrogen-bond donors (Lipinski definition) is 1. The zero-order chi connectivity index (χ0) is 15.2. The van der Waals surface area contributed by atoms with Gasteiger partial charge in [0, 0.05) is 18.6 Å². The molecule has 1 saturated carbocycles. The molecule has 3 nitrogen and oxygen atoms in total. The minimum atomic E-state index is -0.888. The fourth-order valence-electron chi connectivity index (χ4n) is 2.99. The number of amides is 1. The van der Waals surface area contributed by atoms with Gasteiger partial charge in [-0.3, -0.25) is 9.69 Å². The molecule has 5 heteroatoms. The van der Waals surface area contributed by atoms with Gasteiger partial charge in [-0.25, -0.2) is 0 Å². The van der Waals surface area contributed by atoms with Crippen LogP contribution < -0.4 is 5.32 Å². The highest BCUT2D eigenvalue weighted by Gasteiger charge is 2.67. The normalized spacial score (nSPS) is 33.8. The monoisotopic (exact) mass is 320 g/mol. The van der Waals surface area contributed by atoms with Gasteiger partial charge in [0.2, 0.25) is 5.91 Å². The van der Waals surface area contributed by atoms with Crippen LogP contribution in [0.1, 0.15) is 47.0 Å². The van der Waals surface area contributed by atoms with E-state index in [1.807, 2.05) is 6.92 Å². The number of carbonyl (C=O) groups is 1. The second-order valence-electron chi connectivity index (χ2n) is 7.40. The van der Waals surface area contributed by atoms with Gasteiger partial charge in [-0.2, -0.15) is 0 Å². The van der Waals surface area contributed by atoms with Crippen molar-refractivity contribution in [1.29, 1.82) is 0 Å². The molecule has 0 aromatic heterocycles. The quantitative estimate of drug-likeness (QED) is 0.807. The summed E-state index contributed by atoms with van der Waals surface area (Å²) in [5.74, 6) is 0.707. The lowest BCUT2D eigenvalue weighted by Gasteiger charge is -2.43. The first-order valence-electron chi connectivity index (χ1n) is 7.50. The summed E-state index contributed by atoms with van der Waals surface area (Å²) in [5.41, 5.74) is -0.655. The van der Waals surface area contributed by atoms with E-state index in [0.29, 0.717) is 13.0 Å². The van der Waals surface area contributed by atoms with Crippen molar-refractivity contribution in [3.63, 3.8) is 0 Å². The van der Waals surface area contributed by atoms with Gasteiger partial charge < -0.3 is 5.32 Å². The van der Waals surface area contributed by atoms with Crippen LogP contribution in [0.25, 0.3) is 0 Å². The Morgan fingerprint density at radius 1 is 1.45 bits per heavy atom. The molecule has 2 fully saturated rings. The summed E-state index contributed by atoms with van der Waals surface area (Å²) in [6, 6.07) is 0. The molecule has 0 aromatic carbocycles. The van der Waals surface area contributed by atoms with Crippen molar-refractivity contribution in [3.05, 3.63) is 0 Å². The van der Waals surface area contributed by atoms with Crippen molar-refractivity contribution < 1.29 is 4.79 Å². The van der Waals surface area contributed by atoms with Crippen LogP contribution in [-0.2, 0) is 4.79 Å². The Morgan fingerprint density at radius 2 is 2.05 bits per heavy atom. The minimum Gasteiger partial charge on any atom is -0.354 e. The standard InChI is InChI=1S/C15H26Cl2N2O/c1-11-6-5-7-19(8-11)13(2,3)10-18-12(20)14(4)9-15(14,16)17/h11H,5-10H2,1-4H3,(H,18,20)/t11-,14+/m0/s1. The number of nitrogens with zero attached hydrogens (tertiary/aromatic N) is 1. The van der Waals surface area contributed by atoms with Gasteiger partial charge in [-0.05, 0) is 52.5 Å². The van der Waals surface area contributed by atoms with Crippen LogP contribution in [0.4, 0.5) is 0 Å². The first kappa shape index (κ1) is 16.4. The predicted octanol–water partition coefficient (Wildman–Crippen LogP) is 3.20. The largest absolute Gasteiger partial charge is 0.354 e. The summed E-state index contributed by atoms with van der Waals surface area (Å²) in [6.07, 6.45) is 3.08. The zero-order valence-electron chi connectivity index (χ0n) is 12.9. The maximum absolute atomic E-state index is 12.2. The third-order valence-electron chi connectivity index (χ3n) is 4.95. The number of carbonyl (C=O) groups excluding carboxylic acids is 1. The molecular weight excluding hydrogens is 295 g/mol. The summed E-state index contributed by atoms with van der Waals surface area (Å²) in [7, 11) is 0. The van der Waals surface area contributed by atoms with Crippen molar-refractivity contribution >= 4 is 29.1 Å². The average molecular weight is 321 g/mol. The molecule has 1 amide bonds. The number of halogens is 2. The van der Waals surface area contributed by atoms with Crippen molar-refractivity contribution in [2.75, 3.05) is 19.6 Å². The first-order chi connectivity index (χ1) is 9.08. The Bertz CT molecular complexity index is 397. The number of nitrogens with one attached hydrogen (secondary N) is 1. The Kier molecular flexibility index (Phi) is 4.37. The van der Waals surface area contributed by atoms with E-state index in [1.165, 1.54) is 12.8 Å². The van der Waals surface area contributed by atoms with E-state index in [-0.39, 0.29) is 11.4 Å². The molecule has 1 aliphatic heterocycles. The van der Waals surface area contributed by atoms with E-state index in [0.717, 1.165) is 19.0 Å². The van der Waals surface area contributed by atoms with Gasteiger partial charge in [-0.1, -0.05) is 6.92 Å². The number of likely N-dealkylation sites (tertiary alicyclic amines) is 1. The van der Waals surface area contributed by atoms with Crippen LogP contribution in [0.2, 0.25) is 0 Å². The zero-order valence-corrected chi connectivity index (χ0v) is 14.4. The minimum absolute atomic E-state index is 0.0272. The van der Waals surface area contributed by atoms with Crippen molar-refractivity contribution in [1.82, 2.24) is 10.2 Å². The molecular formula is C15H26Cl2N2O. The number of piperidine rings is 1. The van der Waals surface area contributed by atoms with E-state index in [2.05, 4.69) is 31.0 Å². The molecule has 0 aromatic rings. The van der Waals surface area contributed by atoms with Gasteiger partial charge in [0.1, 0.15) is 4.33 Å². The van der Waals surface area contributed by atoms with E-state index >= 15 is 0 Å². The lowest BCUT2D eigenvalue weighted by Crippen LogP contribution is -2.55. The fourth-order valence-corrected chi connectivity index (χ4v) is 3.70. The van der Waals surface area contributed by atoms with Crippen LogP contribution in [0.3, 0.4) is 0 Å². The Labute approximate surface area is 132 Å². The van der Waals surface area contributed by atoms with Crippen LogP contribution >= 0.6 is 23.2 Å². The Hall–Kier alpha value is 0.01000. The number of rotatable bonds is 4. The Balaban J connectivity index is 1.88. The lowest BCUT2D eigenvalue weighted by molar-refractivity contribution is -0.126. The van der Waals surface area contributed by atoms with Gasteiger partial charge in [0.25, 0.3) is 0 Å². The molecule has 1 saturated heterocycles. The van der Waals surface area contributed by atoms with Gasteiger partial charge in [-0.15, -0.1) is 23.2 Å². The Morgan fingerprint density at radius 3 is 2.55 bits per heavy atom. The van der Waals surface area contributed by atoms with Crippen LogP contribution in [-0.4, -0.2) is 40.3 Å². The van der Waals surface area contributed by atoms with E-state index in [1.54, 1.807) is 0 Å². The summed E-state index contributed by atoms with van der Waals surface area (Å²) >= 11 is 12.1. The molecule has 0 radical (unpaired) electrons.